The van der Waals surface area contributed by atoms with Crippen molar-refractivity contribution in [3.05, 3.63) is 30.1 Å². The normalized spacial score (nSPS) is 17.7. The van der Waals surface area contributed by atoms with E-state index in [0.717, 1.165) is 11.9 Å². The quantitative estimate of drug-likeness (QED) is 0.756. The first-order chi connectivity index (χ1) is 8.38. The summed E-state index contributed by atoms with van der Waals surface area (Å²) in [6, 6.07) is 7.35. The van der Waals surface area contributed by atoms with Gasteiger partial charge in [0.1, 0.15) is 0 Å². The van der Waals surface area contributed by atoms with Crippen LogP contribution < -0.4 is 0 Å². The molecular weight excluding hydrogens is 208 g/mol. The largest absolute Gasteiger partial charge is 0.327 e. The molecule has 17 heavy (non-hydrogen) atoms. The van der Waals surface area contributed by atoms with Gasteiger partial charge in [0.2, 0.25) is 0 Å². The molecule has 1 aliphatic rings. The number of hydrogen-bond acceptors (Lipinski definition) is 1. The summed E-state index contributed by atoms with van der Waals surface area (Å²) in [6.45, 7) is 2.21. The molecule has 0 saturated heterocycles. The lowest BCUT2D eigenvalue weighted by molar-refractivity contribution is 0.359. The molecule has 0 spiro atoms. The average Bonchev–Trinajstić information content (AvgIpc) is 2.82. The van der Waals surface area contributed by atoms with E-state index in [4.69, 9.17) is 0 Å². The third-order valence-corrected chi connectivity index (χ3v) is 4.02. The van der Waals surface area contributed by atoms with Crippen molar-refractivity contribution in [3.8, 4) is 0 Å². The SMILES string of the molecule is CCc1ccc2ncn(C3CCCCC3)c2c1. The molecule has 3 rings (SSSR count). The molecule has 1 saturated carbocycles. The molecule has 1 aromatic heterocycles. The number of aromatic nitrogens is 2. The molecule has 2 aromatic rings. The molecule has 0 bridgehead atoms. The highest BCUT2D eigenvalue weighted by Gasteiger charge is 2.17. The Hall–Kier alpha value is -1.31. The van der Waals surface area contributed by atoms with Crippen LogP contribution in [0.1, 0.15) is 50.6 Å². The van der Waals surface area contributed by atoms with E-state index in [2.05, 4.69) is 34.7 Å². The van der Waals surface area contributed by atoms with Crippen molar-refractivity contribution in [3.63, 3.8) is 0 Å². The summed E-state index contributed by atoms with van der Waals surface area (Å²) < 4.78 is 2.41. The van der Waals surface area contributed by atoms with Gasteiger partial charge in [-0.2, -0.15) is 0 Å². The van der Waals surface area contributed by atoms with Crippen molar-refractivity contribution in [2.45, 2.75) is 51.5 Å². The Morgan fingerprint density at radius 1 is 1.24 bits per heavy atom. The number of rotatable bonds is 2. The predicted octanol–water partition coefficient (Wildman–Crippen LogP) is 4.10. The lowest BCUT2D eigenvalue weighted by Crippen LogP contribution is -2.11. The number of hydrogen-bond donors (Lipinski definition) is 0. The molecule has 1 heterocycles. The highest BCUT2D eigenvalue weighted by Crippen LogP contribution is 2.30. The van der Waals surface area contributed by atoms with Gasteiger partial charge in [0.05, 0.1) is 17.4 Å². The van der Waals surface area contributed by atoms with Crippen LogP contribution in [-0.4, -0.2) is 9.55 Å². The zero-order chi connectivity index (χ0) is 11.7. The molecule has 0 radical (unpaired) electrons. The van der Waals surface area contributed by atoms with Crippen molar-refractivity contribution >= 4 is 11.0 Å². The first kappa shape index (κ1) is 10.8. The van der Waals surface area contributed by atoms with E-state index in [1.165, 1.54) is 43.2 Å². The van der Waals surface area contributed by atoms with E-state index >= 15 is 0 Å². The molecule has 0 N–H and O–H groups in total. The van der Waals surface area contributed by atoms with Crippen LogP contribution in [-0.2, 0) is 6.42 Å². The second-order valence-electron chi connectivity index (χ2n) is 5.12. The van der Waals surface area contributed by atoms with Crippen LogP contribution in [0.3, 0.4) is 0 Å². The fourth-order valence-corrected chi connectivity index (χ4v) is 2.94. The summed E-state index contributed by atoms with van der Waals surface area (Å²) in [5.74, 6) is 0. The van der Waals surface area contributed by atoms with Crippen LogP contribution in [0, 0.1) is 0 Å². The van der Waals surface area contributed by atoms with E-state index < -0.39 is 0 Å². The zero-order valence-electron chi connectivity index (χ0n) is 10.5. The van der Waals surface area contributed by atoms with Gasteiger partial charge in [-0.15, -0.1) is 0 Å². The molecule has 1 aromatic carbocycles. The Bertz CT molecular complexity index is 507. The van der Waals surface area contributed by atoms with Gasteiger partial charge in [-0.3, -0.25) is 0 Å². The second-order valence-corrected chi connectivity index (χ2v) is 5.12. The smallest absolute Gasteiger partial charge is 0.0960 e. The summed E-state index contributed by atoms with van der Waals surface area (Å²) in [5.41, 5.74) is 3.89. The van der Waals surface area contributed by atoms with Gasteiger partial charge in [0.25, 0.3) is 0 Å². The van der Waals surface area contributed by atoms with Crippen molar-refractivity contribution in [1.82, 2.24) is 9.55 Å². The Kier molecular flexibility index (Phi) is 2.87. The van der Waals surface area contributed by atoms with E-state index in [9.17, 15) is 0 Å². The Balaban J connectivity index is 2.02. The summed E-state index contributed by atoms with van der Waals surface area (Å²) >= 11 is 0. The van der Waals surface area contributed by atoms with E-state index in [0.29, 0.717) is 6.04 Å². The molecule has 90 valence electrons. The summed E-state index contributed by atoms with van der Waals surface area (Å²) in [4.78, 5) is 4.53. The number of fused-ring (bicyclic) bond motifs is 1. The maximum atomic E-state index is 4.53. The highest BCUT2D eigenvalue weighted by atomic mass is 15.1. The van der Waals surface area contributed by atoms with Gasteiger partial charge in [-0.25, -0.2) is 4.98 Å². The lowest BCUT2D eigenvalue weighted by Gasteiger charge is -2.23. The maximum Gasteiger partial charge on any atom is 0.0960 e. The van der Waals surface area contributed by atoms with Crippen molar-refractivity contribution in [1.29, 1.82) is 0 Å². The van der Waals surface area contributed by atoms with E-state index in [1.807, 2.05) is 6.33 Å². The number of aryl methyl sites for hydroxylation is 1. The number of imidazole rings is 1. The third-order valence-electron chi connectivity index (χ3n) is 4.02. The van der Waals surface area contributed by atoms with Crippen LogP contribution >= 0.6 is 0 Å². The van der Waals surface area contributed by atoms with E-state index in [-0.39, 0.29) is 0 Å². The molecule has 0 unspecified atom stereocenters. The third kappa shape index (κ3) is 1.97. The molecule has 1 aliphatic carbocycles. The van der Waals surface area contributed by atoms with E-state index in [1.54, 1.807) is 0 Å². The minimum Gasteiger partial charge on any atom is -0.327 e. The minimum atomic E-state index is 0.681. The second kappa shape index (κ2) is 4.52. The standard InChI is InChI=1S/C15H20N2/c1-2-12-8-9-14-15(10-12)17(11-16-14)13-6-4-3-5-7-13/h8-11,13H,2-7H2,1H3. The van der Waals surface area contributed by atoms with Crippen LogP contribution in [0.15, 0.2) is 24.5 Å². The average molecular weight is 228 g/mol. The summed E-state index contributed by atoms with van der Waals surface area (Å²) in [7, 11) is 0. The topological polar surface area (TPSA) is 17.8 Å². The summed E-state index contributed by atoms with van der Waals surface area (Å²) in [5, 5.41) is 0. The van der Waals surface area contributed by atoms with Crippen molar-refractivity contribution in [2.75, 3.05) is 0 Å². The van der Waals surface area contributed by atoms with Crippen LogP contribution in [0.2, 0.25) is 0 Å². The first-order valence-electron chi connectivity index (χ1n) is 6.84. The Morgan fingerprint density at radius 3 is 2.82 bits per heavy atom. The fraction of sp³-hybridized carbons (Fsp3) is 0.533. The molecular formula is C15H20N2. The van der Waals surface area contributed by atoms with Gasteiger partial charge in [0, 0.05) is 6.04 Å². The van der Waals surface area contributed by atoms with Gasteiger partial charge in [0.15, 0.2) is 0 Å². The van der Waals surface area contributed by atoms with Gasteiger partial charge >= 0.3 is 0 Å². The van der Waals surface area contributed by atoms with Gasteiger partial charge in [-0.1, -0.05) is 32.3 Å². The zero-order valence-corrected chi connectivity index (χ0v) is 10.5. The van der Waals surface area contributed by atoms with Gasteiger partial charge in [-0.05, 0) is 37.0 Å². The number of nitrogens with zero attached hydrogens (tertiary/aromatic N) is 2. The molecule has 2 heteroatoms. The van der Waals surface area contributed by atoms with Gasteiger partial charge < -0.3 is 4.57 Å². The monoisotopic (exact) mass is 228 g/mol. The van der Waals surface area contributed by atoms with Crippen molar-refractivity contribution in [2.24, 2.45) is 0 Å². The first-order valence-corrected chi connectivity index (χ1v) is 6.84. The molecule has 0 amide bonds. The maximum absolute atomic E-state index is 4.53. The van der Waals surface area contributed by atoms with Crippen LogP contribution in [0.25, 0.3) is 11.0 Å². The van der Waals surface area contributed by atoms with Crippen LogP contribution in [0.5, 0.6) is 0 Å². The lowest BCUT2D eigenvalue weighted by atomic mass is 9.95. The highest BCUT2D eigenvalue weighted by molar-refractivity contribution is 5.76. The molecule has 2 nitrogen and oxygen atoms in total. The predicted molar refractivity (Wildman–Crippen MR) is 71.2 cm³/mol. The van der Waals surface area contributed by atoms with Crippen LogP contribution in [0.4, 0.5) is 0 Å². The number of benzene rings is 1. The molecule has 1 fully saturated rings. The van der Waals surface area contributed by atoms with Crippen molar-refractivity contribution < 1.29 is 0 Å². The fourth-order valence-electron chi connectivity index (χ4n) is 2.94. The minimum absolute atomic E-state index is 0.681. The molecule has 0 aliphatic heterocycles. The Labute approximate surface area is 103 Å². The molecule has 0 atom stereocenters. The Morgan fingerprint density at radius 2 is 2.06 bits per heavy atom. The summed E-state index contributed by atoms with van der Waals surface area (Å²) in [6.07, 6.45) is 9.94.